The van der Waals surface area contributed by atoms with Gasteiger partial charge in [-0.15, -0.1) is 0 Å². The standard InChI is InChI=1S/C16H20N2O4S/c1-11(19)18-10-16(8-13(18)15(21)22)3-5-17(6-4-16)14(20)12-2-7-23-9-12/h2,7,9,13H,3-6,8,10H2,1H3,(H,21,22). The Hall–Kier alpha value is -1.89. The third-order valence-electron chi connectivity index (χ3n) is 5.08. The number of carbonyl (C=O) groups is 3. The van der Waals surface area contributed by atoms with Gasteiger partial charge < -0.3 is 14.9 Å². The summed E-state index contributed by atoms with van der Waals surface area (Å²) in [6.07, 6.45) is 1.98. The molecule has 3 heterocycles. The number of aliphatic carboxylic acids is 1. The molecule has 1 atom stereocenters. The Balaban J connectivity index is 1.67. The highest BCUT2D eigenvalue weighted by Gasteiger charge is 2.49. The lowest BCUT2D eigenvalue weighted by atomic mass is 9.76. The summed E-state index contributed by atoms with van der Waals surface area (Å²) in [5.74, 6) is -1.09. The number of carboxylic acid groups (broad SMARTS) is 1. The third-order valence-corrected chi connectivity index (χ3v) is 5.76. The van der Waals surface area contributed by atoms with Crippen LogP contribution in [0.3, 0.4) is 0 Å². The van der Waals surface area contributed by atoms with E-state index < -0.39 is 12.0 Å². The van der Waals surface area contributed by atoms with Crippen LogP contribution in [0.2, 0.25) is 0 Å². The molecule has 2 amide bonds. The van der Waals surface area contributed by atoms with Crippen LogP contribution < -0.4 is 0 Å². The van der Waals surface area contributed by atoms with Gasteiger partial charge in [0.2, 0.25) is 5.91 Å². The van der Waals surface area contributed by atoms with E-state index in [0.717, 1.165) is 12.8 Å². The largest absolute Gasteiger partial charge is 0.480 e. The van der Waals surface area contributed by atoms with Crippen molar-refractivity contribution in [2.24, 2.45) is 5.41 Å². The molecular weight excluding hydrogens is 316 g/mol. The van der Waals surface area contributed by atoms with Crippen LogP contribution >= 0.6 is 11.3 Å². The van der Waals surface area contributed by atoms with Gasteiger partial charge in [0.05, 0.1) is 5.56 Å². The summed E-state index contributed by atoms with van der Waals surface area (Å²) < 4.78 is 0. The summed E-state index contributed by atoms with van der Waals surface area (Å²) in [5, 5.41) is 13.1. The molecule has 124 valence electrons. The zero-order valence-electron chi connectivity index (χ0n) is 13.0. The normalized spacial score (nSPS) is 23.3. The number of nitrogens with zero attached hydrogens (tertiary/aromatic N) is 2. The molecule has 2 fully saturated rings. The quantitative estimate of drug-likeness (QED) is 0.891. The smallest absolute Gasteiger partial charge is 0.326 e. The highest BCUT2D eigenvalue weighted by molar-refractivity contribution is 7.08. The average Bonchev–Trinajstić information content (AvgIpc) is 3.15. The molecule has 1 spiro atoms. The van der Waals surface area contributed by atoms with E-state index in [1.807, 2.05) is 21.7 Å². The molecule has 0 aromatic carbocycles. The molecule has 23 heavy (non-hydrogen) atoms. The fourth-order valence-electron chi connectivity index (χ4n) is 3.72. The molecule has 1 aromatic rings. The van der Waals surface area contributed by atoms with Crippen LogP contribution in [-0.2, 0) is 9.59 Å². The zero-order valence-corrected chi connectivity index (χ0v) is 13.8. The molecule has 1 aromatic heterocycles. The van der Waals surface area contributed by atoms with E-state index in [0.29, 0.717) is 31.6 Å². The molecule has 0 saturated carbocycles. The topological polar surface area (TPSA) is 77.9 Å². The molecule has 0 radical (unpaired) electrons. The fourth-order valence-corrected chi connectivity index (χ4v) is 4.35. The van der Waals surface area contributed by atoms with Crippen LogP contribution in [0.15, 0.2) is 16.8 Å². The first kappa shape index (κ1) is 16.0. The summed E-state index contributed by atoms with van der Waals surface area (Å²) in [5.41, 5.74) is 0.548. The van der Waals surface area contributed by atoms with Crippen LogP contribution in [0.25, 0.3) is 0 Å². The van der Waals surface area contributed by atoms with Crippen molar-refractivity contribution >= 4 is 29.1 Å². The van der Waals surface area contributed by atoms with Crippen molar-refractivity contribution in [1.29, 1.82) is 0 Å². The summed E-state index contributed by atoms with van der Waals surface area (Å²) in [7, 11) is 0. The minimum Gasteiger partial charge on any atom is -0.480 e. The Morgan fingerprint density at radius 3 is 2.48 bits per heavy atom. The summed E-state index contributed by atoms with van der Waals surface area (Å²) in [6, 6.07) is 1.09. The maximum absolute atomic E-state index is 12.4. The summed E-state index contributed by atoms with van der Waals surface area (Å²) in [6.45, 7) is 3.14. The van der Waals surface area contributed by atoms with Gasteiger partial charge in [-0.25, -0.2) is 4.79 Å². The molecule has 2 saturated heterocycles. The molecule has 7 heteroatoms. The lowest BCUT2D eigenvalue weighted by Crippen LogP contribution is -2.44. The molecular formula is C16H20N2O4S. The van der Waals surface area contributed by atoms with Crippen LogP contribution in [0.5, 0.6) is 0 Å². The van der Waals surface area contributed by atoms with Crippen molar-refractivity contribution in [3.8, 4) is 0 Å². The number of thiophene rings is 1. The van der Waals surface area contributed by atoms with Crippen molar-refractivity contribution in [2.45, 2.75) is 32.2 Å². The molecule has 0 bridgehead atoms. The van der Waals surface area contributed by atoms with Crippen molar-refractivity contribution < 1.29 is 19.5 Å². The van der Waals surface area contributed by atoms with E-state index in [1.54, 1.807) is 0 Å². The predicted molar refractivity (Wildman–Crippen MR) is 85.3 cm³/mol. The van der Waals surface area contributed by atoms with Gasteiger partial charge in [-0.05, 0) is 36.1 Å². The number of hydrogen-bond donors (Lipinski definition) is 1. The first-order valence-corrected chi connectivity index (χ1v) is 8.68. The van der Waals surface area contributed by atoms with E-state index in [2.05, 4.69) is 0 Å². The van der Waals surface area contributed by atoms with Crippen molar-refractivity contribution in [3.05, 3.63) is 22.4 Å². The van der Waals surface area contributed by atoms with E-state index in [9.17, 15) is 19.5 Å². The molecule has 2 aliphatic heterocycles. The van der Waals surface area contributed by atoms with Gasteiger partial charge >= 0.3 is 5.97 Å². The molecule has 1 unspecified atom stereocenters. The van der Waals surface area contributed by atoms with Gasteiger partial charge in [-0.2, -0.15) is 11.3 Å². The third kappa shape index (κ3) is 2.97. The number of hydrogen-bond acceptors (Lipinski definition) is 4. The zero-order chi connectivity index (χ0) is 16.6. The van der Waals surface area contributed by atoms with E-state index in [1.165, 1.54) is 23.2 Å². The van der Waals surface area contributed by atoms with Crippen LogP contribution in [0.4, 0.5) is 0 Å². The first-order valence-electron chi connectivity index (χ1n) is 7.73. The number of rotatable bonds is 2. The van der Waals surface area contributed by atoms with Gasteiger partial charge in [0.25, 0.3) is 5.91 Å². The number of carboxylic acids is 1. The fraction of sp³-hybridized carbons (Fsp3) is 0.562. The highest BCUT2D eigenvalue weighted by Crippen LogP contribution is 2.43. The lowest BCUT2D eigenvalue weighted by Gasteiger charge is -2.39. The van der Waals surface area contributed by atoms with E-state index >= 15 is 0 Å². The van der Waals surface area contributed by atoms with E-state index in [-0.39, 0.29) is 17.2 Å². The first-order chi connectivity index (χ1) is 10.9. The van der Waals surface area contributed by atoms with Crippen molar-refractivity contribution in [1.82, 2.24) is 9.80 Å². The SMILES string of the molecule is CC(=O)N1CC2(CCN(C(=O)c3ccsc3)CC2)CC1C(=O)O. The minimum absolute atomic E-state index is 0.0392. The van der Waals surface area contributed by atoms with Crippen LogP contribution in [-0.4, -0.2) is 58.4 Å². The Labute approximate surface area is 138 Å². The van der Waals surface area contributed by atoms with E-state index in [4.69, 9.17) is 0 Å². The second-order valence-electron chi connectivity index (χ2n) is 6.51. The maximum atomic E-state index is 12.4. The summed E-state index contributed by atoms with van der Waals surface area (Å²) in [4.78, 5) is 38.8. The Bertz CT molecular complexity index is 596. The minimum atomic E-state index is -0.936. The van der Waals surface area contributed by atoms with Gasteiger partial charge in [-0.1, -0.05) is 0 Å². The molecule has 6 nitrogen and oxygen atoms in total. The number of amides is 2. The summed E-state index contributed by atoms with van der Waals surface area (Å²) >= 11 is 1.50. The second-order valence-corrected chi connectivity index (χ2v) is 7.29. The number of carbonyl (C=O) groups excluding carboxylic acids is 2. The molecule has 0 aliphatic carbocycles. The van der Waals surface area contributed by atoms with Gasteiger partial charge in [0.1, 0.15) is 6.04 Å². The molecule has 3 rings (SSSR count). The monoisotopic (exact) mass is 336 g/mol. The molecule has 1 N–H and O–H groups in total. The number of likely N-dealkylation sites (tertiary alicyclic amines) is 2. The molecule has 2 aliphatic rings. The lowest BCUT2D eigenvalue weighted by molar-refractivity contribution is -0.147. The Morgan fingerprint density at radius 2 is 2.00 bits per heavy atom. The van der Waals surface area contributed by atoms with Gasteiger partial charge in [-0.3, -0.25) is 9.59 Å². The maximum Gasteiger partial charge on any atom is 0.326 e. The van der Waals surface area contributed by atoms with Crippen LogP contribution in [0.1, 0.15) is 36.5 Å². The Morgan fingerprint density at radius 1 is 1.30 bits per heavy atom. The van der Waals surface area contributed by atoms with Crippen molar-refractivity contribution in [3.63, 3.8) is 0 Å². The van der Waals surface area contributed by atoms with Crippen molar-refractivity contribution in [2.75, 3.05) is 19.6 Å². The predicted octanol–water partition coefficient (Wildman–Crippen LogP) is 1.68. The van der Waals surface area contributed by atoms with Gasteiger partial charge in [0, 0.05) is 31.9 Å². The van der Waals surface area contributed by atoms with Crippen LogP contribution in [0, 0.1) is 5.41 Å². The van der Waals surface area contributed by atoms with Gasteiger partial charge in [0.15, 0.2) is 0 Å². The number of piperidine rings is 1. The Kier molecular flexibility index (Phi) is 4.14. The highest BCUT2D eigenvalue weighted by atomic mass is 32.1. The average molecular weight is 336 g/mol. The second kappa shape index (κ2) is 5.96.